The summed E-state index contributed by atoms with van der Waals surface area (Å²) in [7, 11) is 0. The number of ether oxygens (including phenoxy) is 2. The molecule has 116 valence electrons. The molecule has 0 aliphatic carbocycles. The lowest BCUT2D eigenvalue weighted by Crippen LogP contribution is -2.46. The van der Waals surface area contributed by atoms with Crippen molar-refractivity contribution in [2.45, 2.75) is 39.2 Å². The molecule has 1 aliphatic heterocycles. The minimum atomic E-state index is -0.529. The molecule has 0 spiro atoms. The van der Waals surface area contributed by atoms with Crippen molar-refractivity contribution in [3.8, 4) is 0 Å². The van der Waals surface area contributed by atoms with Gasteiger partial charge in [-0.25, -0.2) is 4.79 Å². The summed E-state index contributed by atoms with van der Waals surface area (Å²) in [5, 5.41) is 8.62. The molecule has 0 bridgehead atoms. The van der Waals surface area contributed by atoms with E-state index in [0.717, 1.165) is 0 Å². The minimum absolute atomic E-state index is 0.0252. The second kappa shape index (κ2) is 7.59. The van der Waals surface area contributed by atoms with E-state index in [1.54, 1.807) is 4.90 Å². The van der Waals surface area contributed by atoms with E-state index in [4.69, 9.17) is 14.6 Å². The van der Waals surface area contributed by atoms with Crippen molar-refractivity contribution in [2.75, 3.05) is 32.9 Å². The van der Waals surface area contributed by atoms with Gasteiger partial charge in [-0.1, -0.05) is 0 Å². The van der Waals surface area contributed by atoms with Crippen molar-refractivity contribution in [3.63, 3.8) is 0 Å². The number of piperidine rings is 1. The predicted octanol–water partition coefficient (Wildman–Crippen LogP) is 1.21. The fraction of sp³-hybridized carbons (Fsp3) is 0.857. The molecular weight excluding hydrogens is 262 g/mol. The zero-order valence-electron chi connectivity index (χ0n) is 12.6. The maximum atomic E-state index is 12.0. The Labute approximate surface area is 120 Å². The first-order valence-corrected chi connectivity index (χ1v) is 7.02. The van der Waals surface area contributed by atoms with Crippen LogP contribution in [0.15, 0.2) is 0 Å². The molecule has 1 amide bonds. The molecule has 1 aliphatic rings. The highest BCUT2D eigenvalue weighted by molar-refractivity contribution is 5.84. The lowest BCUT2D eigenvalue weighted by Gasteiger charge is -2.33. The molecule has 1 heterocycles. The first-order valence-electron chi connectivity index (χ1n) is 7.02. The number of nitrogens with zero attached hydrogens (tertiary/aromatic N) is 1. The highest BCUT2D eigenvalue weighted by Crippen LogP contribution is 2.19. The summed E-state index contributed by atoms with van der Waals surface area (Å²) in [4.78, 5) is 25.4. The van der Waals surface area contributed by atoms with E-state index in [9.17, 15) is 9.59 Å². The number of hydrogen-bond donors (Lipinski definition) is 1. The second-order valence-electron chi connectivity index (χ2n) is 5.96. The van der Waals surface area contributed by atoms with Crippen LogP contribution in [0.2, 0.25) is 0 Å². The molecule has 1 atom stereocenters. The van der Waals surface area contributed by atoms with E-state index in [2.05, 4.69) is 0 Å². The van der Waals surface area contributed by atoms with Gasteiger partial charge in [0.1, 0.15) is 11.4 Å². The number of hydrogen-bond acceptors (Lipinski definition) is 5. The molecule has 0 aromatic heterocycles. The summed E-state index contributed by atoms with van der Waals surface area (Å²) in [6.45, 7) is 6.93. The number of carbonyl (C=O) groups excluding carboxylic acids is 2. The van der Waals surface area contributed by atoms with Crippen LogP contribution in [0.3, 0.4) is 0 Å². The molecule has 1 fully saturated rings. The molecule has 0 saturated carbocycles. The minimum Gasteiger partial charge on any atom is -0.444 e. The van der Waals surface area contributed by atoms with Crippen molar-refractivity contribution >= 4 is 11.9 Å². The average Bonchev–Trinajstić information content (AvgIpc) is 2.34. The zero-order chi connectivity index (χ0) is 15.2. The van der Waals surface area contributed by atoms with Crippen LogP contribution in [0.1, 0.15) is 33.6 Å². The van der Waals surface area contributed by atoms with Crippen LogP contribution in [-0.2, 0) is 14.3 Å². The van der Waals surface area contributed by atoms with Crippen molar-refractivity contribution in [1.82, 2.24) is 4.90 Å². The smallest absolute Gasteiger partial charge is 0.410 e. The lowest BCUT2D eigenvalue weighted by molar-refractivity contribution is -0.126. The van der Waals surface area contributed by atoms with Gasteiger partial charge in [-0.2, -0.15) is 0 Å². The molecule has 1 N–H and O–H groups in total. The number of likely N-dealkylation sites (tertiary alicyclic amines) is 1. The van der Waals surface area contributed by atoms with Crippen molar-refractivity contribution < 1.29 is 24.2 Å². The fourth-order valence-electron chi connectivity index (χ4n) is 2.05. The molecule has 1 unspecified atom stereocenters. The van der Waals surface area contributed by atoms with Crippen molar-refractivity contribution in [3.05, 3.63) is 0 Å². The maximum Gasteiger partial charge on any atom is 0.410 e. The number of amides is 1. The summed E-state index contributed by atoms with van der Waals surface area (Å²) in [6.07, 6.45) is 0.563. The van der Waals surface area contributed by atoms with Crippen LogP contribution >= 0.6 is 0 Å². The number of aliphatic hydroxyl groups is 1. The normalized spacial score (nSPS) is 20.1. The quantitative estimate of drug-likeness (QED) is 0.769. The second-order valence-corrected chi connectivity index (χ2v) is 5.96. The van der Waals surface area contributed by atoms with E-state index in [-0.39, 0.29) is 31.0 Å². The number of rotatable bonds is 5. The Hall–Kier alpha value is -1.14. The molecule has 1 saturated heterocycles. The monoisotopic (exact) mass is 287 g/mol. The Morgan fingerprint density at radius 1 is 1.40 bits per heavy atom. The SMILES string of the molecule is CC(C)(C)OC(=O)N1CCC(=O)C(CCOCCO)C1. The van der Waals surface area contributed by atoms with E-state index in [1.165, 1.54) is 0 Å². The van der Waals surface area contributed by atoms with E-state index in [1.807, 2.05) is 20.8 Å². The topological polar surface area (TPSA) is 76.1 Å². The molecular formula is C14H25NO5. The number of aliphatic hydroxyl groups excluding tert-OH is 1. The molecule has 0 radical (unpaired) electrons. The molecule has 6 nitrogen and oxygen atoms in total. The van der Waals surface area contributed by atoms with Crippen LogP contribution in [-0.4, -0.2) is 60.4 Å². The molecule has 0 aromatic rings. The first-order chi connectivity index (χ1) is 9.33. The Morgan fingerprint density at radius 3 is 2.70 bits per heavy atom. The van der Waals surface area contributed by atoms with Gasteiger partial charge in [-0.3, -0.25) is 4.79 Å². The average molecular weight is 287 g/mol. The third-order valence-electron chi connectivity index (χ3n) is 3.02. The summed E-state index contributed by atoms with van der Waals surface area (Å²) in [6, 6.07) is 0. The Morgan fingerprint density at radius 2 is 2.10 bits per heavy atom. The predicted molar refractivity (Wildman–Crippen MR) is 73.4 cm³/mol. The van der Waals surface area contributed by atoms with Crippen LogP contribution < -0.4 is 0 Å². The zero-order valence-corrected chi connectivity index (χ0v) is 12.6. The van der Waals surface area contributed by atoms with Gasteiger partial charge >= 0.3 is 6.09 Å². The van der Waals surface area contributed by atoms with E-state index >= 15 is 0 Å². The van der Waals surface area contributed by atoms with Gasteiger partial charge in [0.25, 0.3) is 0 Å². The van der Waals surface area contributed by atoms with E-state index < -0.39 is 5.60 Å². The first kappa shape index (κ1) is 16.9. The van der Waals surface area contributed by atoms with Crippen LogP contribution in [0.25, 0.3) is 0 Å². The summed E-state index contributed by atoms with van der Waals surface area (Å²) < 4.78 is 10.5. The maximum absolute atomic E-state index is 12.0. The molecule has 6 heteroatoms. The van der Waals surface area contributed by atoms with Gasteiger partial charge in [-0.15, -0.1) is 0 Å². The van der Waals surface area contributed by atoms with Gasteiger partial charge in [0.2, 0.25) is 0 Å². The molecule has 20 heavy (non-hydrogen) atoms. The standard InChI is InChI=1S/C14H25NO5/c1-14(2,3)20-13(18)15-6-4-12(17)11(10-15)5-8-19-9-7-16/h11,16H,4-10H2,1-3H3. The Kier molecular flexibility index (Phi) is 6.42. The van der Waals surface area contributed by atoms with Crippen LogP contribution in [0.5, 0.6) is 0 Å². The summed E-state index contributed by atoms with van der Waals surface area (Å²) in [5.74, 6) is -0.0348. The highest BCUT2D eigenvalue weighted by Gasteiger charge is 2.31. The Balaban J connectivity index is 2.44. The van der Waals surface area contributed by atoms with Gasteiger partial charge in [0.15, 0.2) is 0 Å². The summed E-state index contributed by atoms with van der Waals surface area (Å²) >= 11 is 0. The molecule has 0 aromatic carbocycles. The van der Waals surface area contributed by atoms with Crippen molar-refractivity contribution in [1.29, 1.82) is 0 Å². The lowest BCUT2D eigenvalue weighted by atomic mass is 9.94. The van der Waals surface area contributed by atoms with Gasteiger partial charge in [0, 0.05) is 32.0 Å². The van der Waals surface area contributed by atoms with Gasteiger partial charge in [-0.05, 0) is 27.2 Å². The largest absolute Gasteiger partial charge is 0.444 e. The highest BCUT2D eigenvalue weighted by atomic mass is 16.6. The van der Waals surface area contributed by atoms with Crippen LogP contribution in [0.4, 0.5) is 4.79 Å². The van der Waals surface area contributed by atoms with Gasteiger partial charge in [0.05, 0.1) is 13.2 Å². The van der Waals surface area contributed by atoms with Gasteiger partial charge < -0.3 is 19.5 Å². The van der Waals surface area contributed by atoms with E-state index in [0.29, 0.717) is 32.5 Å². The number of ketones is 1. The third kappa shape index (κ3) is 5.88. The number of Topliss-reactive ketones (excluding diaryl/α,β-unsaturated/α-hetero) is 1. The number of carbonyl (C=O) groups is 2. The van der Waals surface area contributed by atoms with Crippen molar-refractivity contribution in [2.24, 2.45) is 5.92 Å². The third-order valence-corrected chi connectivity index (χ3v) is 3.02. The molecule has 1 rings (SSSR count). The van der Waals surface area contributed by atoms with Crippen LogP contribution in [0, 0.1) is 5.92 Å². The fourth-order valence-corrected chi connectivity index (χ4v) is 2.05. The summed E-state index contributed by atoms with van der Waals surface area (Å²) in [5.41, 5.74) is -0.529. The Bertz CT molecular complexity index is 337.